The predicted molar refractivity (Wildman–Crippen MR) is 66.9 cm³/mol. The summed E-state index contributed by atoms with van der Waals surface area (Å²) >= 11 is 0. The van der Waals surface area contributed by atoms with Crippen molar-refractivity contribution < 1.29 is 14.7 Å². The van der Waals surface area contributed by atoms with Crippen LogP contribution in [0.5, 0.6) is 0 Å². The number of carboxylic acids is 1. The molecular formula is C13H22N2O3. The molecule has 0 radical (unpaired) electrons. The third kappa shape index (κ3) is 2.00. The maximum atomic E-state index is 12.6. The van der Waals surface area contributed by atoms with Crippen LogP contribution in [0.4, 0.5) is 0 Å². The highest BCUT2D eigenvalue weighted by Gasteiger charge is 2.52. The van der Waals surface area contributed by atoms with Crippen LogP contribution in [0.1, 0.15) is 46.0 Å². The molecule has 1 saturated heterocycles. The zero-order chi connectivity index (χ0) is 13.6. The molecule has 0 spiro atoms. The van der Waals surface area contributed by atoms with E-state index < -0.39 is 17.0 Å². The molecule has 2 atom stereocenters. The highest BCUT2D eigenvalue weighted by atomic mass is 16.4. The molecule has 1 saturated carbocycles. The Labute approximate surface area is 107 Å². The molecule has 5 nitrogen and oxygen atoms in total. The molecule has 0 bridgehead atoms. The molecule has 102 valence electrons. The Morgan fingerprint density at radius 1 is 1.39 bits per heavy atom. The minimum Gasteiger partial charge on any atom is -0.480 e. The van der Waals surface area contributed by atoms with Crippen LogP contribution in [0.3, 0.4) is 0 Å². The zero-order valence-corrected chi connectivity index (χ0v) is 11.1. The first-order valence-electron chi connectivity index (χ1n) is 6.64. The van der Waals surface area contributed by atoms with E-state index in [9.17, 15) is 14.7 Å². The van der Waals surface area contributed by atoms with Gasteiger partial charge in [-0.2, -0.15) is 0 Å². The number of likely N-dealkylation sites (tertiary alicyclic amines) is 1. The third-order valence-electron chi connectivity index (χ3n) is 4.48. The van der Waals surface area contributed by atoms with Crippen molar-refractivity contribution in [3.63, 3.8) is 0 Å². The summed E-state index contributed by atoms with van der Waals surface area (Å²) in [7, 11) is 0. The summed E-state index contributed by atoms with van der Waals surface area (Å²) in [6.45, 7) is 3.88. The number of carbonyl (C=O) groups is 2. The normalized spacial score (nSPS) is 31.8. The van der Waals surface area contributed by atoms with E-state index in [1.807, 2.05) is 0 Å². The number of carbonyl (C=O) groups excluding carboxylic acids is 1. The standard InChI is InChI=1S/C13H22N2O3/c1-12(11(17)18)7-3-4-8-15(12)10(16)13(2,14)9-5-6-9/h9H,3-8,14H2,1-2H3,(H,17,18). The number of rotatable bonds is 3. The van der Waals surface area contributed by atoms with Crippen molar-refractivity contribution in [2.45, 2.75) is 57.0 Å². The molecule has 2 aliphatic rings. The summed E-state index contributed by atoms with van der Waals surface area (Å²) < 4.78 is 0. The van der Waals surface area contributed by atoms with Crippen molar-refractivity contribution in [3.8, 4) is 0 Å². The first kappa shape index (κ1) is 13.3. The largest absolute Gasteiger partial charge is 0.480 e. The number of nitrogens with two attached hydrogens (primary N) is 1. The van der Waals surface area contributed by atoms with Gasteiger partial charge in [-0.25, -0.2) is 4.79 Å². The lowest BCUT2D eigenvalue weighted by Gasteiger charge is -2.44. The summed E-state index contributed by atoms with van der Waals surface area (Å²) in [6.07, 6.45) is 4.15. The van der Waals surface area contributed by atoms with Gasteiger partial charge >= 0.3 is 5.97 Å². The van der Waals surface area contributed by atoms with Gasteiger partial charge < -0.3 is 15.7 Å². The lowest BCUT2D eigenvalue weighted by atomic mass is 9.85. The van der Waals surface area contributed by atoms with Crippen LogP contribution in [0.15, 0.2) is 0 Å². The maximum Gasteiger partial charge on any atom is 0.329 e. The summed E-state index contributed by atoms with van der Waals surface area (Å²) in [4.78, 5) is 25.5. The van der Waals surface area contributed by atoms with Gasteiger partial charge in [0.15, 0.2) is 0 Å². The summed E-state index contributed by atoms with van der Waals surface area (Å²) in [5.74, 6) is -0.915. The third-order valence-corrected chi connectivity index (χ3v) is 4.48. The van der Waals surface area contributed by atoms with Crippen molar-refractivity contribution >= 4 is 11.9 Å². The van der Waals surface area contributed by atoms with Crippen LogP contribution in [0, 0.1) is 5.92 Å². The van der Waals surface area contributed by atoms with E-state index in [4.69, 9.17) is 5.73 Å². The number of piperidine rings is 1. The fourth-order valence-electron chi connectivity index (χ4n) is 2.82. The van der Waals surface area contributed by atoms with Gasteiger partial charge in [0.1, 0.15) is 5.54 Å². The highest BCUT2D eigenvalue weighted by Crippen LogP contribution is 2.41. The van der Waals surface area contributed by atoms with E-state index in [0.717, 1.165) is 25.7 Å². The Kier molecular flexibility index (Phi) is 3.13. The quantitative estimate of drug-likeness (QED) is 0.786. The highest BCUT2D eigenvalue weighted by molar-refractivity contribution is 5.92. The van der Waals surface area contributed by atoms with Gasteiger partial charge in [0.25, 0.3) is 0 Å². The maximum absolute atomic E-state index is 12.6. The Morgan fingerprint density at radius 2 is 2.00 bits per heavy atom. The van der Waals surface area contributed by atoms with Crippen molar-refractivity contribution in [2.24, 2.45) is 11.7 Å². The molecule has 1 aliphatic carbocycles. The molecule has 1 amide bonds. The van der Waals surface area contributed by atoms with Crippen LogP contribution in [-0.2, 0) is 9.59 Å². The average Bonchev–Trinajstić information content (AvgIpc) is 3.12. The summed E-state index contributed by atoms with van der Waals surface area (Å²) in [6, 6.07) is 0. The van der Waals surface area contributed by atoms with Gasteiger partial charge in [-0.05, 0) is 51.9 Å². The molecule has 0 aromatic heterocycles. The molecule has 18 heavy (non-hydrogen) atoms. The number of amides is 1. The second-order valence-corrected chi connectivity index (χ2v) is 6.05. The molecule has 0 aromatic rings. The Morgan fingerprint density at radius 3 is 2.50 bits per heavy atom. The van der Waals surface area contributed by atoms with Gasteiger partial charge in [0.2, 0.25) is 5.91 Å². The van der Waals surface area contributed by atoms with Crippen LogP contribution in [0.2, 0.25) is 0 Å². The van der Waals surface area contributed by atoms with Crippen LogP contribution >= 0.6 is 0 Å². The van der Waals surface area contributed by atoms with Crippen molar-refractivity contribution in [2.75, 3.05) is 6.54 Å². The van der Waals surface area contributed by atoms with Crippen molar-refractivity contribution in [1.29, 1.82) is 0 Å². The number of carboxylic acid groups (broad SMARTS) is 1. The lowest BCUT2D eigenvalue weighted by molar-refractivity contribution is -0.163. The van der Waals surface area contributed by atoms with E-state index in [1.165, 1.54) is 4.90 Å². The van der Waals surface area contributed by atoms with Gasteiger partial charge in [-0.3, -0.25) is 4.79 Å². The molecule has 1 heterocycles. The van der Waals surface area contributed by atoms with E-state index in [-0.39, 0.29) is 11.8 Å². The first-order valence-corrected chi connectivity index (χ1v) is 6.64. The second kappa shape index (κ2) is 4.23. The predicted octanol–water partition coefficient (Wildman–Crippen LogP) is 0.970. The SMILES string of the molecule is CC(N)(C(=O)N1CCCCC1(C)C(=O)O)C1CC1. The van der Waals surface area contributed by atoms with Gasteiger partial charge in [0.05, 0.1) is 5.54 Å². The number of hydrogen-bond donors (Lipinski definition) is 2. The molecular weight excluding hydrogens is 232 g/mol. The molecule has 1 aliphatic heterocycles. The van der Waals surface area contributed by atoms with E-state index in [1.54, 1.807) is 13.8 Å². The minimum atomic E-state index is -1.09. The number of aliphatic carboxylic acids is 1. The molecule has 5 heteroatoms. The van der Waals surface area contributed by atoms with E-state index in [0.29, 0.717) is 13.0 Å². The summed E-state index contributed by atoms with van der Waals surface area (Å²) in [5, 5.41) is 9.40. The lowest BCUT2D eigenvalue weighted by Crippen LogP contribution is -2.65. The van der Waals surface area contributed by atoms with Gasteiger partial charge in [-0.15, -0.1) is 0 Å². The minimum absolute atomic E-state index is 0.199. The zero-order valence-electron chi connectivity index (χ0n) is 11.1. The monoisotopic (exact) mass is 254 g/mol. The van der Waals surface area contributed by atoms with Crippen LogP contribution in [0.25, 0.3) is 0 Å². The van der Waals surface area contributed by atoms with Crippen molar-refractivity contribution in [1.82, 2.24) is 4.90 Å². The molecule has 3 N–H and O–H groups in total. The van der Waals surface area contributed by atoms with Crippen LogP contribution in [-0.4, -0.2) is 39.5 Å². The Balaban J connectivity index is 2.24. The molecule has 2 unspecified atom stereocenters. The second-order valence-electron chi connectivity index (χ2n) is 6.05. The smallest absolute Gasteiger partial charge is 0.329 e. The fraction of sp³-hybridized carbons (Fsp3) is 0.846. The van der Waals surface area contributed by atoms with Crippen molar-refractivity contribution in [3.05, 3.63) is 0 Å². The van der Waals surface area contributed by atoms with E-state index in [2.05, 4.69) is 0 Å². The van der Waals surface area contributed by atoms with Gasteiger partial charge in [0, 0.05) is 6.54 Å². The Hall–Kier alpha value is -1.10. The number of nitrogens with zero attached hydrogens (tertiary/aromatic N) is 1. The van der Waals surface area contributed by atoms with Crippen LogP contribution < -0.4 is 5.73 Å². The fourth-order valence-corrected chi connectivity index (χ4v) is 2.82. The molecule has 2 rings (SSSR count). The first-order chi connectivity index (χ1) is 8.30. The topological polar surface area (TPSA) is 83.6 Å². The summed E-state index contributed by atoms with van der Waals surface area (Å²) in [5.41, 5.74) is 4.13. The Bertz CT molecular complexity index is 376. The average molecular weight is 254 g/mol. The molecule has 2 fully saturated rings. The number of hydrogen-bond acceptors (Lipinski definition) is 3. The molecule has 0 aromatic carbocycles. The van der Waals surface area contributed by atoms with Gasteiger partial charge in [-0.1, -0.05) is 0 Å². The van der Waals surface area contributed by atoms with E-state index >= 15 is 0 Å².